The van der Waals surface area contributed by atoms with E-state index in [1.54, 1.807) is 0 Å². The Hall–Kier alpha value is -2.14. The average Bonchev–Trinajstić information content (AvgIpc) is 2.25. The highest BCUT2D eigenvalue weighted by molar-refractivity contribution is 5.65. The summed E-state index contributed by atoms with van der Waals surface area (Å²) < 4.78 is 4.73. The molecule has 0 aromatic carbocycles. The average molecular weight is 207 g/mol. The number of rotatable bonds is 4. The van der Waals surface area contributed by atoms with Crippen molar-refractivity contribution in [2.24, 2.45) is 5.11 Å². The minimum Gasteiger partial charge on any atom is -0.459 e. The number of hydrogen-bond donors (Lipinski definition) is 0. The van der Waals surface area contributed by atoms with Gasteiger partial charge in [0.15, 0.2) is 0 Å². The maximum Gasteiger partial charge on any atom is 0.303 e. The van der Waals surface area contributed by atoms with E-state index in [9.17, 15) is 4.79 Å². The van der Waals surface area contributed by atoms with Crippen molar-refractivity contribution in [3.8, 4) is 0 Å². The quantitative estimate of drug-likeness (QED) is 0.322. The van der Waals surface area contributed by atoms with E-state index in [2.05, 4.69) is 20.0 Å². The van der Waals surface area contributed by atoms with Crippen molar-refractivity contribution in [1.82, 2.24) is 9.97 Å². The summed E-state index contributed by atoms with van der Waals surface area (Å²) in [5.74, 6) is -0.366. The van der Waals surface area contributed by atoms with Crippen LogP contribution in [0.1, 0.15) is 18.3 Å². The zero-order valence-electron chi connectivity index (χ0n) is 8.12. The summed E-state index contributed by atoms with van der Waals surface area (Å²) in [6.45, 7) is 1.59. The number of carbonyl (C=O) groups excluding carboxylic acids is 1. The van der Waals surface area contributed by atoms with Crippen LogP contribution in [0.25, 0.3) is 10.4 Å². The molecule has 0 bridgehead atoms. The van der Waals surface area contributed by atoms with Gasteiger partial charge in [-0.1, -0.05) is 5.11 Å². The van der Waals surface area contributed by atoms with Crippen LogP contribution in [-0.4, -0.2) is 15.9 Å². The fourth-order valence-corrected chi connectivity index (χ4v) is 0.817. The maximum atomic E-state index is 10.5. The molecular weight excluding hydrogens is 198 g/mol. The van der Waals surface area contributed by atoms with Crippen molar-refractivity contribution in [1.29, 1.82) is 0 Å². The van der Waals surface area contributed by atoms with Crippen LogP contribution in [0.2, 0.25) is 0 Å². The lowest BCUT2D eigenvalue weighted by atomic mass is 10.4. The number of ether oxygens (including phenoxy) is 1. The van der Waals surface area contributed by atoms with Crippen LogP contribution in [0.4, 0.5) is 0 Å². The number of carbonyl (C=O) groups is 1. The largest absolute Gasteiger partial charge is 0.459 e. The molecule has 0 amide bonds. The predicted molar refractivity (Wildman–Crippen MR) is 50.4 cm³/mol. The summed E-state index contributed by atoms with van der Waals surface area (Å²) in [7, 11) is 0. The van der Waals surface area contributed by atoms with Crippen molar-refractivity contribution >= 4 is 5.97 Å². The van der Waals surface area contributed by atoms with Crippen LogP contribution in [0.5, 0.6) is 0 Å². The van der Waals surface area contributed by atoms with Gasteiger partial charge < -0.3 is 4.74 Å². The molecule has 7 heteroatoms. The van der Waals surface area contributed by atoms with Gasteiger partial charge in [-0.25, -0.2) is 0 Å². The number of aromatic nitrogens is 2. The van der Waals surface area contributed by atoms with Gasteiger partial charge in [-0.15, -0.1) is 0 Å². The Morgan fingerprint density at radius 1 is 1.53 bits per heavy atom. The van der Waals surface area contributed by atoms with E-state index in [1.807, 2.05) is 0 Å². The highest BCUT2D eigenvalue weighted by Crippen LogP contribution is 1.99. The molecule has 1 heterocycles. The molecule has 0 saturated carbocycles. The first-order chi connectivity index (χ1) is 7.22. The van der Waals surface area contributed by atoms with Gasteiger partial charge in [0, 0.05) is 18.0 Å². The normalized spacial score (nSPS) is 9.13. The Kier molecular flexibility index (Phi) is 4.05. The van der Waals surface area contributed by atoms with E-state index in [1.165, 1.54) is 19.3 Å². The molecule has 0 N–H and O–H groups in total. The van der Waals surface area contributed by atoms with Gasteiger partial charge in [-0.05, 0) is 5.53 Å². The van der Waals surface area contributed by atoms with E-state index in [0.29, 0.717) is 11.4 Å². The third-order valence-corrected chi connectivity index (χ3v) is 1.48. The fourth-order valence-electron chi connectivity index (χ4n) is 0.817. The topological polar surface area (TPSA) is 101 Å². The molecule has 15 heavy (non-hydrogen) atoms. The summed E-state index contributed by atoms with van der Waals surface area (Å²) in [6.07, 6.45) is 2.96. The molecule has 0 saturated heterocycles. The molecular formula is C8H9N5O2. The molecule has 1 aromatic rings. The number of hydrogen-bond acceptors (Lipinski definition) is 5. The lowest BCUT2D eigenvalue weighted by molar-refractivity contribution is -0.142. The monoisotopic (exact) mass is 207 g/mol. The predicted octanol–water partition coefficient (Wildman–Crippen LogP) is 1.35. The molecule has 0 radical (unpaired) electrons. The standard InChI is InChI=1S/C8H9N5O2/c1-6(14)15-5-8-3-10-7(2-11-8)4-12-13-9/h2-3H,4-5H2,1H3. The van der Waals surface area contributed by atoms with Gasteiger partial charge in [-0.3, -0.25) is 14.8 Å². The van der Waals surface area contributed by atoms with Crippen LogP contribution in [0.15, 0.2) is 17.5 Å². The summed E-state index contributed by atoms with van der Waals surface area (Å²) in [5, 5.41) is 3.34. The summed E-state index contributed by atoms with van der Waals surface area (Å²) in [5.41, 5.74) is 9.20. The first-order valence-corrected chi connectivity index (χ1v) is 4.16. The first kappa shape index (κ1) is 10.9. The molecule has 0 aliphatic rings. The highest BCUT2D eigenvalue weighted by Gasteiger charge is 1.99. The molecule has 0 unspecified atom stereocenters. The lowest BCUT2D eigenvalue weighted by Crippen LogP contribution is -2.02. The second-order valence-corrected chi connectivity index (χ2v) is 2.67. The Morgan fingerprint density at radius 3 is 2.73 bits per heavy atom. The Morgan fingerprint density at radius 2 is 2.20 bits per heavy atom. The molecule has 1 rings (SSSR count). The van der Waals surface area contributed by atoms with Gasteiger partial charge in [-0.2, -0.15) is 0 Å². The minimum atomic E-state index is -0.366. The van der Waals surface area contributed by atoms with Crippen LogP contribution >= 0.6 is 0 Å². The maximum absolute atomic E-state index is 10.5. The minimum absolute atomic E-state index is 0.101. The van der Waals surface area contributed by atoms with Gasteiger partial charge in [0.05, 0.1) is 24.1 Å². The van der Waals surface area contributed by atoms with Crippen LogP contribution in [0.3, 0.4) is 0 Å². The molecule has 0 fully saturated rings. The smallest absolute Gasteiger partial charge is 0.303 e. The molecule has 0 aliphatic carbocycles. The zero-order chi connectivity index (χ0) is 11.1. The highest BCUT2D eigenvalue weighted by atomic mass is 16.5. The summed E-state index contributed by atoms with van der Waals surface area (Å²) in [4.78, 5) is 21.1. The van der Waals surface area contributed by atoms with Gasteiger partial charge in [0.2, 0.25) is 0 Å². The van der Waals surface area contributed by atoms with E-state index < -0.39 is 0 Å². The van der Waals surface area contributed by atoms with Gasteiger partial charge >= 0.3 is 5.97 Å². The van der Waals surface area contributed by atoms with Gasteiger partial charge in [0.25, 0.3) is 0 Å². The number of azide groups is 1. The van der Waals surface area contributed by atoms with Crippen molar-refractivity contribution in [3.05, 3.63) is 34.2 Å². The first-order valence-electron chi connectivity index (χ1n) is 4.16. The molecule has 1 aromatic heterocycles. The van der Waals surface area contributed by atoms with Crippen LogP contribution in [-0.2, 0) is 22.7 Å². The summed E-state index contributed by atoms with van der Waals surface area (Å²) in [6, 6.07) is 0. The van der Waals surface area contributed by atoms with Crippen molar-refractivity contribution < 1.29 is 9.53 Å². The van der Waals surface area contributed by atoms with E-state index in [4.69, 9.17) is 10.3 Å². The van der Waals surface area contributed by atoms with Crippen molar-refractivity contribution in [2.45, 2.75) is 20.1 Å². The second kappa shape index (κ2) is 5.56. The third-order valence-electron chi connectivity index (χ3n) is 1.48. The molecule has 0 aliphatic heterocycles. The second-order valence-electron chi connectivity index (χ2n) is 2.67. The number of nitrogens with zero attached hydrogens (tertiary/aromatic N) is 5. The Balaban J connectivity index is 2.55. The SMILES string of the molecule is CC(=O)OCc1cnc(CN=[N+]=[N-])cn1. The molecule has 78 valence electrons. The lowest BCUT2D eigenvalue weighted by Gasteiger charge is -2.01. The molecule has 0 atom stereocenters. The zero-order valence-corrected chi connectivity index (χ0v) is 8.12. The number of esters is 1. The van der Waals surface area contributed by atoms with E-state index in [-0.39, 0.29) is 19.1 Å². The van der Waals surface area contributed by atoms with E-state index >= 15 is 0 Å². The summed E-state index contributed by atoms with van der Waals surface area (Å²) >= 11 is 0. The third kappa shape index (κ3) is 4.06. The fraction of sp³-hybridized carbons (Fsp3) is 0.375. The van der Waals surface area contributed by atoms with Crippen molar-refractivity contribution in [2.75, 3.05) is 0 Å². The Bertz CT molecular complexity index is 383. The van der Waals surface area contributed by atoms with E-state index in [0.717, 1.165) is 0 Å². The molecule has 7 nitrogen and oxygen atoms in total. The van der Waals surface area contributed by atoms with Crippen LogP contribution < -0.4 is 0 Å². The van der Waals surface area contributed by atoms with Gasteiger partial charge in [0.1, 0.15) is 6.61 Å². The Labute approximate surface area is 85.7 Å². The van der Waals surface area contributed by atoms with Crippen molar-refractivity contribution in [3.63, 3.8) is 0 Å². The molecule has 0 spiro atoms. The van der Waals surface area contributed by atoms with Crippen LogP contribution in [0, 0.1) is 0 Å².